The topological polar surface area (TPSA) is 55.6 Å². The number of carbonyl (C=O) groups excluding carboxylic acids is 1. The third-order valence-corrected chi connectivity index (χ3v) is 4.29. The fourth-order valence-electron chi connectivity index (χ4n) is 2.42. The Morgan fingerprint density at radius 2 is 2.35 bits per heavy atom. The highest BCUT2D eigenvalue weighted by Crippen LogP contribution is 2.27. The molecular formula is C15H21BrN2O2. The number of benzene rings is 1. The number of hydrogen-bond acceptors (Lipinski definition) is 3. The van der Waals surface area contributed by atoms with E-state index >= 15 is 0 Å². The van der Waals surface area contributed by atoms with Crippen molar-refractivity contribution in [3.8, 4) is 5.75 Å². The highest BCUT2D eigenvalue weighted by atomic mass is 79.9. The summed E-state index contributed by atoms with van der Waals surface area (Å²) in [6.45, 7) is 5.98. The number of carbonyl (C=O) groups is 1. The number of halogens is 1. The largest absolute Gasteiger partial charge is 0.480 e. The molecule has 1 aromatic carbocycles. The first-order valence-electron chi connectivity index (χ1n) is 6.93. The molecule has 5 heteroatoms. The summed E-state index contributed by atoms with van der Waals surface area (Å²) < 4.78 is 6.65. The van der Waals surface area contributed by atoms with Crippen molar-refractivity contribution in [2.24, 2.45) is 11.7 Å². The first-order valence-corrected chi connectivity index (χ1v) is 7.72. The molecule has 1 heterocycles. The smallest absolute Gasteiger partial charge is 0.263 e. The van der Waals surface area contributed by atoms with Gasteiger partial charge in [0.1, 0.15) is 5.75 Å². The van der Waals surface area contributed by atoms with Gasteiger partial charge in [-0.05, 0) is 66.4 Å². The molecule has 20 heavy (non-hydrogen) atoms. The third-order valence-electron chi connectivity index (χ3n) is 3.67. The van der Waals surface area contributed by atoms with Crippen LogP contribution in [0.1, 0.15) is 18.9 Å². The molecule has 1 aliphatic rings. The van der Waals surface area contributed by atoms with Crippen LogP contribution in [0.5, 0.6) is 5.75 Å². The zero-order valence-electron chi connectivity index (χ0n) is 11.9. The van der Waals surface area contributed by atoms with Gasteiger partial charge in [0.25, 0.3) is 5.91 Å². The number of rotatable bonds is 4. The summed E-state index contributed by atoms with van der Waals surface area (Å²) in [7, 11) is 0. The van der Waals surface area contributed by atoms with Crippen LogP contribution in [0.2, 0.25) is 0 Å². The van der Waals surface area contributed by atoms with E-state index in [0.717, 1.165) is 29.5 Å². The van der Waals surface area contributed by atoms with Gasteiger partial charge in [0, 0.05) is 13.1 Å². The third kappa shape index (κ3) is 3.52. The zero-order valence-corrected chi connectivity index (χ0v) is 13.5. The van der Waals surface area contributed by atoms with Gasteiger partial charge in [-0.3, -0.25) is 4.79 Å². The SMILES string of the molecule is Cc1ccc(O[C@H](C)C(=O)N2CC[C@H](CN)C2)c(Br)c1. The Kier molecular flexibility index (Phi) is 5.05. The fraction of sp³-hybridized carbons (Fsp3) is 0.533. The highest BCUT2D eigenvalue weighted by Gasteiger charge is 2.29. The van der Waals surface area contributed by atoms with Crippen LogP contribution in [0.4, 0.5) is 0 Å². The van der Waals surface area contributed by atoms with E-state index in [9.17, 15) is 4.79 Å². The maximum absolute atomic E-state index is 12.3. The number of nitrogens with zero attached hydrogens (tertiary/aromatic N) is 1. The van der Waals surface area contributed by atoms with Gasteiger partial charge in [0.2, 0.25) is 0 Å². The lowest BCUT2D eigenvalue weighted by Gasteiger charge is -2.22. The van der Waals surface area contributed by atoms with Crippen molar-refractivity contribution in [1.29, 1.82) is 0 Å². The lowest BCUT2D eigenvalue weighted by atomic mass is 10.1. The summed E-state index contributed by atoms with van der Waals surface area (Å²) in [5, 5.41) is 0. The lowest BCUT2D eigenvalue weighted by molar-refractivity contribution is -0.137. The Bertz CT molecular complexity index is 493. The fourth-order valence-corrected chi connectivity index (χ4v) is 3.01. The zero-order chi connectivity index (χ0) is 14.7. The summed E-state index contributed by atoms with van der Waals surface area (Å²) in [6.07, 6.45) is 0.508. The van der Waals surface area contributed by atoms with Gasteiger partial charge < -0.3 is 15.4 Å². The van der Waals surface area contributed by atoms with E-state index in [1.807, 2.05) is 30.0 Å². The molecule has 2 atom stereocenters. The van der Waals surface area contributed by atoms with E-state index in [2.05, 4.69) is 15.9 Å². The molecule has 1 fully saturated rings. The molecule has 0 saturated carbocycles. The molecule has 2 rings (SSSR count). The predicted octanol–water partition coefficient (Wildman–Crippen LogP) is 2.33. The number of hydrogen-bond donors (Lipinski definition) is 1. The molecule has 0 aromatic heterocycles. The Morgan fingerprint density at radius 1 is 1.60 bits per heavy atom. The Hall–Kier alpha value is -1.07. The van der Waals surface area contributed by atoms with Gasteiger partial charge in [-0.15, -0.1) is 0 Å². The van der Waals surface area contributed by atoms with E-state index in [1.54, 1.807) is 6.92 Å². The first kappa shape index (κ1) is 15.3. The second-order valence-electron chi connectivity index (χ2n) is 5.37. The standard InChI is InChI=1S/C15H21BrN2O2/c1-10-3-4-14(13(16)7-10)20-11(2)15(19)18-6-5-12(8-17)9-18/h3-4,7,11-12H,5-6,8-9,17H2,1-2H3/t11-,12-/m1/s1. The van der Waals surface area contributed by atoms with E-state index in [-0.39, 0.29) is 5.91 Å². The van der Waals surface area contributed by atoms with Gasteiger partial charge >= 0.3 is 0 Å². The quantitative estimate of drug-likeness (QED) is 0.915. The molecule has 0 aliphatic carbocycles. The molecule has 1 aliphatic heterocycles. The summed E-state index contributed by atoms with van der Waals surface area (Å²) in [4.78, 5) is 14.2. The van der Waals surface area contributed by atoms with Crippen molar-refractivity contribution in [1.82, 2.24) is 4.90 Å². The van der Waals surface area contributed by atoms with Crippen molar-refractivity contribution in [2.75, 3.05) is 19.6 Å². The van der Waals surface area contributed by atoms with Crippen LogP contribution in [-0.2, 0) is 4.79 Å². The molecule has 0 radical (unpaired) electrons. The second-order valence-corrected chi connectivity index (χ2v) is 6.22. The monoisotopic (exact) mass is 340 g/mol. The van der Waals surface area contributed by atoms with Crippen LogP contribution in [-0.4, -0.2) is 36.5 Å². The molecule has 2 N–H and O–H groups in total. The van der Waals surface area contributed by atoms with Crippen LogP contribution >= 0.6 is 15.9 Å². The number of ether oxygens (including phenoxy) is 1. The van der Waals surface area contributed by atoms with Crippen LogP contribution < -0.4 is 10.5 Å². The average molecular weight is 341 g/mol. The summed E-state index contributed by atoms with van der Waals surface area (Å²) in [5.74, 6) is 1.16. The van der Waals surface area contributed by atoms with Crippen LogP contribution in [0.3, 0.4) is 0 Å². The van der Waals surface area contributed by atoms with Gasteiger partial charge in [0.05, 0.1) is 4.47 Å². The van der Waals surface area contributed by atoms with Crippen molar-refractivity contribution >= 4 is 21.8 Å². The highest BCUT2D eigenvalue weighted by molar-refractivity contribution is 9.10. The number of nitrogens with two attached hydrogens (primary N) is 1. The molecule has 1 saturated heterocycles. The minimum absolute atomic E-state index is 0.0356. The average Bonchev–Trinajstić information content (AvgIpc) is 2.89. The summed E-state index contributed by atoms with van der Waals surface area (Å²) >= 11 is 3.46. The van der Waals surface area contributed by atoms with Crippen LogP contribution in [0.25, 0.3) is 0 Å². The summed E-state index contributed by atoms with van der Waals surface area (Å²) in [6, 6.07) is 5.83. The Balaban J connectivity index is 1.97. The van der Waals surface area contributed by atoms with Crippen LogP contribution in [0, 0.1) is 12.8 Å². The first-order chi connectivity index (χ1) is 9.51. The normalized spacial score (nSPS) is 20.0. The molecule has 0 bridgehead atoms. The number of amides is 1. The Morgan fingerprint density at radius 3 is 2.95 bits per heavy atom. The molecule has 1 aromatic rings. The maximum Gasteiger partial charge on any atom is 0.263 e. The van der Waals surface area contributed by atoms with Gasteiger partial charge in [-0.2, -0.15) is 0 Å². The maximum atomic E-state index is 12.3. The van der Waals surface area contributed by atoms with Crippen LogP contribution in [0.15, 0.2) is 22.7 Å². The van der Waals surface area contributed by atoms with E-state index in [0.29, 0.717) is 18.2 Å². The molecule has 0 unspecified atom stereocenters. The van der Waals surface area contributed by atoms with E-state index in [1.165, 1.54) is 0 Å². The van der Waals surface area contributed by atoms with Crippen molar-refractivity contribution in [2.45, 2.75) is 26.4 Å². The van der Waals surface area contributed by atoms with Gasteiger partial charge in [-0.25, -0.2) is 0 Å². The van der Waals surface area contributed by atoms with E-state index < -0.39 is 6.10 Å². The molecule has 110 valence electrons. The number of aryl methyl sites for hydroxylation is 1. The van der Waals surface area contributed by atoms with Gasteiger partial charge in [0.15, 0.2) is 6.10 Å². The summed E-state index contributed by atoms with van der Waals surface area (Å²) in [5.41, 5.74) is 6.80. The molecule has 0 spiro atoms. The van der Waals surface area contributed by atoms with Gasteiger partial charge in [-0.1, -0.05) is 6.07 Å². The van der Waals surface area contributed by atoms with Crippen molar-refractivity contribution in [3.05, 3.63) is 28.2 Å². The lowest BCUT2D eigenvalue weighted by Crippen LogP contribution is -2.39. The van der Waals surface area contributed by atoms with E-state index in [4.69, 9.17) is 10.5 Å². The molecule has 4 nitrogen and oxygen atoms in total. The minimum atomic E-state index is -0.481. The molecular weight excluding hydrogens is 320 g/mol. The molecule has 1 amide bonds. The Labute approximate surface area is 128 Å². The van der Waals surface area contributed by atoms with Crippen molar-refractivity contribution < 1.29 is 9.53 Å². The predicted molar refractivity (Wildman–Crippen MR) is 82.7 cm³/mol. The van der Waals surface area contributed by atoms with Crippen molar-refractivity contribution in [3.63, 3.8) is 0 Å². The minimum Gasteiger partial charge on any atom is -0.480 e. The second kappa shape index (κ2) is 6.59. The number of likely N-dealkylation sites (tertiary alicyclic amines) is 1.